The van der Waals surface area contributed by atoms with Crippen LogP contribution in [-0.2, 0) is 6.54 Å². The number of rotatable bonds is 1. The Morgan fingerprint density at radius 2 is 1.92 bits per heavy atom. The number of aryl methyl sites for hydroxylation is 1. The second-order valence-electron chi connectivity index (χ2n) is 5.76. The largest absolute Gasteiger partial charge is 0.310 e. The van der Waals surface area contributed by atoms with Crippen molar-refractivity contribution in [2.45, 2.75) is 13.0 Å². The van der Waals surface area contributed by atoms with Crippen LogP contribution in [0, 0.1) is 11.6 Å². The zero-order valence-electron chi connectivity index (χ0n) is 12.7. The molecule has 0 amide bonds. The summed E-state index contributed by atoms with van der Waals surface area (Å²) >= 11 is 6.15. The first-order valence-corrected chi connectivity index (χ1v) is 7.98. The van der Waals surface area contributed by atoms with Crippen molar-refractivity contribution in [2.75, 3.05) is 11.4 Å². The van der Waals surface area contributed by atoms with E-state index in [0.29, 0.717) is 30.3 Å². The molecule has 0 spiro atoms. The number of hydrogen-bond donors (Lipinski definition) is 1. The van der Waals surface area contributed by atoms with Crippen LogP contribution in [0.25, 0.3) is 11.3 Å². The van der Waals surface area contributed by atoms with E-state index in [1.165, 1.54) is 0 Å². The summed E-state index contributed by atoms with van der Waals surface area (Å²) in [5.74, 6) is -0.748. The zero-order valence-corrected chi connectivity index (χ0v) is 13.4. The lowest BCUT2D eigenvalue weighted by Gasteiger charge is -2.30. The van der Waals surface area contributed by atoms with Crippen LogP contribution in [0.1, 0.15) is 12.0 Å². The number of pyridine rings is 1. The summed E-state index contributed by atoms with van der Waals surface area (Å²) in [6.07, 6.45) is 4.37. The van der Waals surface area contributed by atoms with Crippen LogP contribution in [0.3, 0.4) is 0 Å². The molecular formula is C15H10ClF2N7. The van der Waals surface area contributed by atoms with Crippen molar-refractivity contribution in [1.82, 2.24) is 25.0 Å². The number of amidine groups is 1. The second-order valence-corrected chi connectivity index (χ2v) is 6.12. The monoisotopic (exact) mass is 361 g/mol. The zero-order chi connectivity index (χ0) is 17.1. The number of halogens is 3. The van der Waals surface area contributed by atoms with Crippen LogP contribution in [-0.4, -0.2) is 37.3 Å². The highest BCUT2D eigenvalue weighted by atomic mass is 35.5. The maximum atomic E-state index is 14.4. The number of aromatic nitrogens is 5. The third kappa shape index (κ3) is 1.95. The molecule has 0 aliphatic carbocycles. The fraction of sp³-hybridized carbons (Fsp3) is 0.200. The Labute approximate surface area is 145 Å². The maximum absolute atomic E-state index is 14.4. The Bertz CT molecular complexity index is 1020. The molecule has 5 heterocycles. The lowest BCUT2D eigenvalue weighted by atomic mass is 10.1. The molecule has 7 nitrogen and oxygen atoms in total. The van der Waals surface area contributed by atoms with E-state index in [0.717, 1.165) is 24.4 Å². The molecule has 3 aromatic rings. The van der Waals surface area contributed by atoms with E-state index < -0.39 is 11.6 Å². The minimum atomic E-state index is -0.792. The van der Waals surface area contributed by atoms with Crippen molar-refractivity contribution in [3.05, 3.63) is 40.9 Å². The lowest BCUT2D eigenvalue weighted by Crippen LogP contribution is -2.39. The number of aromatic amines is 1. The highest BCUT2D eigenvalue weighted by Crippen LogP contribution is 2.44. The predicted molar refractivity (Wildman–Crippen MR) is 87.1 cm³/mol. The van der Waals surface area contributed by atoms with Gasteiger partial charge in [0.05, 0.1) is 35.4 Å². The van der Waals surface area contributed by atoms with Gasteiger partial charge in [0.2, 0.25) is 0 Å². The number of nitrogens with one attached hydrogen (secondary N) is 1. The molecule has 3 aromatic heterocycles. The van der Waals surface area contributed by atoms with Crippen LogP contribution in [0.5, 0.6) is 0 Å². The van der Waals surface area contributed by atoms with Gasteiger partial charge in [0.1, 0.15) is 17.3 Å². The van der Waals surface area contributed by atoms with E-state index in [1.54, 1.807) is 15.8 Å². The molecule has 1 N–H and O–H groups in total. The van der Waals surface area contributed by atoms with Crippen LogP contribution in [0.4, 0.5) is 20.3 Å². The Hall–Kier alpha value is -2.81. The minimum absolute atomic E-state index is 0.127. The summed E-state index contributed by atoms with van der Waals surface area (Å²) in [5, 5.41) is 11.3. The molecule has 0 saturated carbocycles. The van der Waals surface area contributed by atoms with Gasteiger partial charge in [-0.05, 0) is 6.42 Å². The van der Waals surface area contributed by atoms with E-state index in [-0.39, 0.29) is 16.6 Å². The van der Waals surface area contributed by atoms with Crippen LogP contribution >= 0.6 is 11.6 Å². The minimum Gasteiger partial charge on any atom is -0.310 e. The first-order chi connectivity index (χ1) is 12.1. The smallest absolute Gasteiger partial charge is 0.177 e. The fourth-order valence-corrected chi connectivity index (χ4v) is 3.46. The Morgan fingerprint density at radius 3 is 2.72 bits per heavy atom. The summed E-state index contributed by atoms with van der Waals surface area (Å²) in [5.41, 5.74) is 1.39. The molecule has 0 radical (unpaired) electrons. The third-order valence-electron chi connectivity index (χ3n) is 4.34. The van der Waals surface area contributed by atoms with Crippen molar-refractivity contribution in [3.8, 4) is 11.3 Å². The summed E-state index contributed by atoms with van der Waals surface area (Å²) in [6.45, 7) is 1.26. The lowest BCUT2D eigenvalue weighted by molar-refractivity contribution is 0.542. The van der Waals surface area contributed by atoms with Gasteiger partial charge in [0.15, 0.2) is 16.8 Å². The quantitative estimate of drug-likeness (QED) is 0.723. The van der Waals surface area contributed by atoms with Gasteiger partial charge >= 0.3 is 0 Å². The molecule has 0 aromatic carbocycles. The average Bonchev–Trinajstić information content (AvgIpc) is 3.13. The molecule has 5 rings (SSSR count). The summed E-state index contributed by atoms with van der Waals surface area (Å²) in [4.78, 5) is 9.78. The van der Waals surface area contributed by atoms with Gasteiger partial charge < -0.3 is 4.90 Å². The van der Waals surface area contributed by atoms with Gasteiger partial charge in [0.25, 0.3) is 0 Å². The number of nitrogens with zero attached hydrogens (tertiary/aromatic N) is 6. The van der Waals surface area contributed by atoms with Crippen molar-refractivity contribution in [1.29, 1.82) is 0 Å². The average molecular weight is 362 g/mol. The number of H-pyrrole nitrogens is 1. The standard InChI is InChI=1S/C15H10ClF2N7/c16-13-12-11(22-23-13)7-4-20-25-3-1-2-24(15(7)25)14(21-12)10-8(17)5-19-6-9(10)18/h4-6H,1-3H2,(H,22,23). The van der Waals surface area contributed by atoms with E-state index in [2.05, 4.69) is 25.3 Å². The number of anilines is 1. The van der Waals surface area contributed by atoms with E-state index in [1.807, 2.05) is 0 Å². The third-order valence-corrected chi connectivity index (χ3v) is 4.60. The molecule has 126 valence electrons. The SMILES string of the molecule is Fc1cncc(F)c1C1=Nc2c(Cl)n[nH]c2-c2cnn3c2N1CCC3. The topological polar surface area (TPSA) is 75.0 Å². The molecule has 0 saturated heterocycles. The summed E-state index contributed by atoms with van der Waals surface area (Å²) < 4.78 is 30.6. The Morgan fingerprint density at radius 1 is 1.12 bits per heavy atom. The molecular weight excluding hydrogens is 352 g/mol. The molecule has 0 fully saturated rings. The predicted octanol–water partition coefficient (Wildman–Crippen LogP) is 2.90. The van der Waals surface area contributed by atoms with Gasteiger partial charge in [-0.2, -0.15) is 10.2 Å². The maximum Gasteiger partial charge on any atom is 0.177 e. The van der Waals surface area contributed by atoms with Crippen molar-refractivity contribution >= 4 is 28.9 Å². The summed E-state index contributed by atoms with van der Waals surface area (Å²) in [6, 6.07) is 0. The Balaban J connectivity index is 1.87. The second kappa shape index (κ2) is 5.09. The van der Waals surface area contributed by atoms with Crippen LogP contribution < -0.4 is 4.90 Å². The normalized spacial score (nSPS) is 15.5. The van der Waals surface area contributed by atoms with Gasteiger partial charge in [-0.15, -0.1) is 0 Å². The molecule has 2 aliphatic rings. The number of aliphatic imine (C=N–C) groups is 1. The molecule has 0 unspecified atom stereocenters. The van der Waals surface area contributed by atoms with E-state index in [9.17, 15) is 8.78 Å². The van der Waals surface area contributed by atoms with Gasteiger partial charge in [-0.3, -0.25) is 10.1 Å². The molecule has 10 heteroatoms. The molecule has 0 bridgehead atoms. The van der Waals surface area contributed by atoms with Crippen LogP contribution in [0.2, 0.25) is 5.15 Å². The highest BCUT2D eigenvalue weighted by Gasteiger charge is 2.34. The van der Waals surface area contributed by atoms with Crippen molar-refractivity contribution in [2.24, 2.45) is 4.99 Å². The van der Waals surface area contributed by atoms with Crippen LogP contribution in [0.15, 0.2) is 23.6 Å². The van der Waals surface area contributed by atoms with E-state index in [4.69, 9.17) is 11.6 Å². The molecule has 25 heavy (non-hydrogen) atoms. The highest BCUT2D eigenvalue weighted by molar-refractivity contribution is 6.33. The first kappa shape index (κ1) is 14.5. The summed E-state index contributed by atoms with van der Waals surface area (Å²) in [7, 11) is 0. The van der Waals surface area contributed by atoms with E-state index >= 15 is 0 Å². The number of fused-ring (bicyclic) bond motifs is 2. The first-order valence-electron chi connectivity index (χ1n) is 7.61. The van der Waals surface area contributed by atoms with Gasteiger partial charge in [0, 0.05) is 13.1 Å². The van der Waals surface area contributed by atoms with Crippen molar-refractivity contribution in [3.63, 3.8) is 0 Å². The van der Waals surface area contributed by atoms with Crippen molar-refractivity contribution < 1.29 is 8.78 Å². The number of hydrogen-bond acceptors (Lipinski definition) is 5. The Kier molecular flexibility index (Phi) is 2.96. The molecule has 2 aliphatic heterocycles. The fourth-order valence-electron chi connectivity index (χ4n) is 3.28. The van der Waals surface area contributed by atoms with Gasteiger partial charge in [-0.25, -0.2) is 18.5 Å². The molecule has 0 atom stereocenters. The van der Waals surface area contributed by atoms with Gasteiger partial charge in [-0.1, -0.05) is 11.6 Å².